The fraction of sp³-hybridized carbons (Fsp3) is 0.467. The molecule has 0 aromatic heterocycles. The van der Waals surface area contributed by atoms with Gasteiger partial charge in [0.2, 0.25) is 0 Å². The summed E-state index contributed by atoms with van der Waals surface area (Å²) in [7, 11) is -1.49. The number of benzene rings is 1. The molecule has 1 N–H and O–H groups in total. The minimum atomic E-state index is -1.49. The highest BCUT2D eigenvalue weighted by atomic mass is 32.2. The predicted octanol–water partition coefficient (Wildman–Crippen LogP) is 2.37. The molecule has 1 rings (SSSR count). The van der Waals surface area contributed by atoms with Crippen molar-refractivity contribution < 1.29 is 14.1 Å². The molecule has 1 aromatic carbocycles. The number of hydrogen-bond donors (Lipinski definition) is 1. The van der Waals surface area contributed by atoms with E-state index in [2.05, 4.69) is 6.07 Å². The molecule has 0 aliphatic heterocycles. The van der Waals surface area contributed by atoms with Crippen molar-refractivity contribution in [1.82, 2.24) is 0 Å². The molecule has 0 saturated heterocycles. The maximum Gasteiger partial charge on any atom is 0.319 e. The van der Waals surface area contributed by atoms with Gasteiger partial charge in [0.25, 0.3) is 0 Å². The molecule has 20 heavy (non-hydrogen) atoms. The Morgan fingerprint density at radius 1 is 1.40 bits per heavy atom. The van der Waals surface area contributed by atoms with E-state index in [1.807, 2.05) is 30.3 Å². The van der Waals surface area contributed by atoms with Crippen LogP contribution in [0.1, 0.15) is 25.8 Å². The summed E-state index contributed by atoms with van der Waals surface area (Å²) in [5, 5.41) is 17.2. The minimum absolute atomic E-state index is 0.227. The highest BCUT2D eigenvalue weighted by molar-refractivity contribution is 7.86. The van der Waals surface area contributed by atoms with Crippen molar-refractivity contribution in [2.75, 3.05) is 5.75 Å². The van der Waals surface area contributed by atoms with E-state index in [1.165, 1.54) is 0 Å². The van der Waals surface area contributed by atoms with Crippen LogP contribution < -0.4 is 0 Å². The summed E-state index contributed by atoms with van der Waals surface area (Å²) in [6, 6.07) is 11.3. The Balaban J connectivity index is 2.70. The van der Waals surface area contributed by atoms with Crippen LogP contribution in [0.5, 0.6) is 0 Å². The van der Waals surface area contributed by atoms with Gasteiger partial charge in [-0.3, -0.25) is 9.00 Å². The molecule has 0 heterocycles. The van der Waals surface area contributed by atoms with Gasteiger partial charge in [0.1, 0.15) is 5.25 Å². The lowest BCUT2D eigenvalue weighted by Crippen LogP contribution is -2.30. The van der Waals surface area contributed by atoms with Gasteiger partial charge in [-0.15, -0.1) is 0 Å². The molecule has 0 aliphatic rings. The standard InChI is InChI=1S/C15H19NO3S/c1-15(2,11-16)8-9-20(19)13(14(17)18)10-12-6-4-3-5-7-12/h3-7,13H,8-10H2,1-2H3,(H,17,18). The predicted molar refractivity (Wildman–Crippen MR) is 78.6 cm³/mol. The maximum atomic E-state index is 12.2. The Labute approximate surface area is 121 Å². The third kappa shape index (κ3) is 5.14. The Hall–Kier alpha value is -1.67. The molecule has 0 aliphatic carbocycles. The van der Waals surface area contributed by atoms with E-state index in [4.69, 9.17) is 5.26 Å². The van der Waals surface area contributed by atoms with Crippen molar-refractivity contribution in [3.63, 3.8) is 0 Å². The van der Waals surface area contributed by atoms with E-state index < -0.39 is 27.4 Å². The van der Waals surface area contributed by atoms with Gasteiger partial charge in [-0.2, -0.15) is 5.26 Å². The van der Waals surface area contributed by atoms with Crippen LogP contribution >= 0.6 is 0 Å². The zero-order valence-electron chi connectivity index (χ0n) is 11.7. The largest absolute Gasteiger partial charge is 0.480 e. The van der Waals surface area contributed by atoms with Crippen molar-refractivity contribution in [2.24, 2.45) is 5.41 Å². The summed E-state index contributed by atoms with van der Waals surface area (Å²) < 4.78 is 12.2. The second-order valence-electron chi connectivity index (χ2n) is 5.35. The summed E-state index contributed by atoms with van der Waals surface area (Å²) in [4.78, 5) is 11.3. The summed E-state index contributed by atoms with van der Waals surface area (Å²) in [6.07, 6.45) is 0.671. The number of nitriles is 1. The van der Waals surface area contributed by atoms with Crippen LogP contribution in [0.15, 0.2) is 30.3 Å². The molecular weight excluding hydrogens is 274 g/mol. The van der Waals surface area contributed by atoms with E-state index >= 15 is 0 Å². The van der Waals surface area contributed by atoms with Gasteiger partial charge in [0.05, 0.1) is 11.5 Å². The second-order valence-corrected chi connectivity index (χ2v) is 7.09. The van der Waals surface area contributed by atoms with Gasteiger partial charge in [-0.1, -0.05) is 30.3 Å². The zero-order chi connectivity index (χ0) is 15.2. The topological polar surface area (TPSA) is 78.2 Å². The number of carboxylic acid groups (broad SMARTS) is 1. The average Bonchev–Trinajstić information content (AvgIpc) is 2.43. The van der Waals surface area contributed by atoms with Gasteiger partial charge >= 0.3 is 5.97 Å². The normalized spacial score (nSPS) is 14.2. The lowest BCUT2D eigenvalue weighted by Gasteiger charge is -2.17. The molecule has 1 aromatic rings. The monoisotopic (exact) mass is 293 g/mol. The van der Waals surface area contributed by atoms with E-state index in [1.54, 1.807) is 13.8 Å². The number of hydrogen-bond acceptors (Lipinski definition) is 3. The Morgan fingerprint density at radius 3 is 2.50 bits per heavy atom. The first-order chi connectivity index (χ1) is 9.35. The first-order valence-corrected chi connectivity index (χ1v) is 7.79. The maximum absolute atomic E-state index is 12.2. The summed E-state index contributed by atoms with van der Waals surface area (Å²) in [5.41, 5.74) is 0.277. The van der Waals surface area contributed by atoms with Crippen molar-refractivity contribution in [3.05, 3.63) is 35.9 Å². The van der Waals surface area contributed by atoms with E-state index in [0.717, 1.165) is 5.56 Å². The van der Waals surface area contributed by atoms with Crippen LogP contribution in [-0.2, 0) is 22.0 Å². The quantitative estimate of drug-likeness (QED) is 0.837. The molecule has 0 amide bonds. The molecule has 0 saturated carbocycles. The third-order valence-corrected chi connectivity index (χ3v) is 4.70. The molecule has 0 fully saturated rings. The summed E-state index contributed by atoms with van der Waals surface area (Å²) in [5.74, 6) is -0.827. The lowest BCUT2D eigenvalue weighted by atomic mass is 9.93. The van der Waals surface area contributed by atoms with Gasteiger partial charge < -0.3 is 5.11 Å². The molecule has 2 unspecified atom stereocenters. The van der Waals surface area contributed by atoms with Gasteiger partial charge in [-0.25, -0.2) is 0 Å². The Bertz CT molecular complexity index is 520. The fourth-order valence-corrected chi connectivity index (χ4v) is 3.27. The van der Waals surface area contributed by atoms with Gasteiger partial charge in [-0.05, 0) is 32.3 Å². The van der Waals surface area contributed by atoms with Crippen molar-refractivity contribution in [3.8, 4) is 6.07 Å². The van der Waals surface area contributed by atoms with E-state index in [9.17, 15) is 14.1 Å². The first kappa shape index (κ1) is 16.4. The highest BCUT2D eigenvalue weighted by Crippen LogP contribution is 2.20. The van der Waals surface area contributed by atoms with Crippen molar-refractivity contribution in [1.29, 1.82) is 5.26 Å². The van der Waals surface area contributed by atoms with E-state index in [-0.39, 0.29) is 12.2 Å². The molecular formula is C15H19NO3S. The molecule has 5 heteroatoms. The van der Waals surface area contributed by atoms with E-state index in [0.29, 0.717) is 6.42 Å². The first-order valence-electron chi connectivity index (χ1n) is 6.41. The lowest BCUT2D eigenvalue weighted by molar-refractivity contribution is -0.136. The SMILES string of the molecule is CC(C)(C#N)CCS(=O)C(Cc1ccccc1)C(=O)O. The summed E-state index contributed by atoms with van der Waals surface area (Å²) in [6.45, 7) is 3.52. The number of rotatable bonds is 7. The van der Waals surface area contributed by atoms with Crippen LogP contribution in [0.3, 0.4) is 0 Å². The number of aliphatic carboxylic acids is 1. The molecule has 0 radical (unpaired) electrons. The second kappa shape index (κ2) is 7.20. The molecule has 0 spiro atoms. The fourth-order valence-electron chi connectivity index (χ4n) is 1.67. The average molecular weight is 293 g/mol. The molecule has 4 nitrogen and oxygen atoms in total. The minimum Gasteiger partial charge on any atom is -0.480 e. The number of carboxylic acids is 1. The number of nitrogens with zero attached hydrogens (tertiary/aromatic N) is 1. The summed E-state index contributed by atoms with van der Waals surface area (Å²) >= 11 is 0. The Kier molecular flexibility index (Phi) is 5.90. The van der Waals surface area contributed by atoms with Crippen molar-refractivity contribution in [2.45, 2.75) is 31.9 Å². The van der Waals surface area contributed by atoms with Crippen LogP contribution in [0.4, 0.5) is 0 Å². The highest BCUT2D eigenvalue weighted by Gasteiger charge is 2.27. The third-order valence-electron chi connectivity index (χ3n) is 3.09. The molecule has 108 valence electrons. The van der Waals surface area contributed by atoms with Crippen molar-refractivity contribution >= 4 is 16.8 Å². The van der Waals surface area contributed by atoms with Crippen LogP contribution in [0.25, 0.3) is 0 Å². The molecule has 2 atom stereocenters. The zero-order valence-corrected chi connectivity index (χ0v) is 12.5. The van der Waals surface area contributed by atoms with Gasteiger partial charge in [0, 0.05) is 16.6 Å². The molecule has 0 bridgehead atoms. The number of carbonyl (C=O) groups is 1. The van der Waals surface area contributed by atoms with Gasteiger partial charge in [0.15, 0.2) is 0 Å². The van der Waals surface area contributed by atoms with Crippen LogP contribution in [0.2, 0.25) is 0 Å². The smallest absolute Gasteiger partial charge is 0.319 e. The Morgan fingerprint density at radius 2 is 2.00 bits per heavy atom. The van der Waals surface area contributed by atoms with Crippen LogP contribution in [0, 0.1) is 16.7 Å². The van der Waals surface area contributed by atoms with Crippen LogP contribution in [-0.4, -0.2) is 26.3 Å².